The molecule has 2 aromatic carbocycles. The van der Waals surface area contributed by atoms with E-state index in [0.29, 0.717) is 42.2 Å². The van der Waals surface area contributed by atoms with Crippen molar-refractivity contribution in [3.63, 3.8) is 0 Å². The number of hydrogen-bond donors (Lipinski definition) is 4. The van der Waals surface area contributed by atoms with Crippen molar-refractivity contribution >= 4 is 29.1 Å². The fourth-order valence-electron chi connectivity index (χ4n) is 4.05. The Balaban J connectivity index is 1.77. The standard InChI is InChI=1S/C27H37N5O5/c1-18(2)16-32(17-23(33)22(30-27(35)36)14-19-8-6-5-7-9-19)25(34)20-10-11-21-24(15-20)37-26(29-21)28-12-13-31(3)4/h5-11,15,18,22-23,30,33H,12-14,16-17H2,1-4H3,(H,28,29)(H,35,36)/t22?,23-/m1/s1. The van der Waals surface area contributed by atoms with Crippen LogP contribution in [-0.2, 0) is 6.42 Å². The molecule has 0 aliphatic rings. The second kappa shape index (κ2) is 13.1. The van der Waals surface area contributed by atoms with Crippen LogP contribution in [0.2, 0.25) is 0 Å². The number of oxazole rings is 1. The number of carboxylic acid groups (broad SMARTS) is 1. The summed E-state index contributed by atoms with van der Waals surface area (Å²) in [7, 11) is 3.96. The number of amides is 2. The lowest BCUT2D eigenvalue weighted by Crippen LogP contribution is -2.50. The van der Waals surface area contributed by atoms with Gasteiger partial charge in [0, 0.05) is 31.7 Å². The zero-order chi connectivity index (χ0) is 26.9. The third kappa shape index (κ3) is 8.47. The SMILES string of the molecule is CC(C)CN(C[C@@H](O)C(Cc1ccccc1)NC(=O)O)C(=O)c1ccc2nc(NCCN(C)C)oc2c1. The fourth-order valence-corrected chi connectivity index (χ4v) is 4.05. The van der Waals surface area contributed by atoms with Gasteiger partial charge in [-0.1, -0.05) is 44.2 Å². The predicted octanol–water partition coefficient (Wildman–Crippen LogP) is 3.14. The second-order valence-corrected chi connectivity index (χ2v) is 9.85. The molecule has 200 valence electrons. The van der Waals surface area contributed by atoms with Crippen LogP contribution in [0.15, 0.2) is 52.9 Å². The van der Waals surface area contributed by atoms with Gasteiger partial charge in [-0.3, -0.25) is 4.79 Å². The van der Waals surface area contributed by atoms with Crippen molar-refractivity contribution in [2.45, 2.75) is 32.4 Å². The molecule has 2 atom stereocenters. The Bertz CT molecular complexity index is 1160. The summed E-state index contributed by atoms with van der Waals surface area (Å²) < 4.78 is 5.79. The fraction of sp³-hybridized carbons (Fsp3) is 0.444. The normalized spacial score (nSPS) is 13.1. The smallest absolute Gasteiger partial charge is 0.404 e. The number of aliphatic hydroxyl groups is 1. The third-order valence-corrected chi connectivity index (χ3v) is 5.82. The van der Waals surface area contributed by atoms with E-state index in [9.17, 15) is 19.8 Å². The number of hydrogen-bond acceptors (Lipinski definition) is 7. The van der Waals surface area contributed by atoms with Gasteiger partial charge in [-0.25, -0.2) is 4.79 Å². The maximum Gasteiger partial charge on any atom is 0.404 e. The molecule has 37 heavy (non-hydrogen) atoms. The van der Waals surface area contributed by atoms with Crippen LogP contribution >= 0.6 is 0 Å². The minimum absolute atomic E-state index is 0.0272. The Morgan fingerprint density at radius 1 is 1.08 bits per heavy atom. The Labute approximate surface area is 217 Å². The minimum atomic E-state index is -1.23. The first-order chi connectivity index (χ1) is 17.6. The van der Waals surface area contributed by atoms with Crippen LogP contribution in [0.4, 0.5) is 10.8 Å². The summed E-state index contributed by atoms with van der Waals surface area (Å²) in [5, 5.41) is 25.9. The molecule has 4 N–H and O–H groups in total. The lowest BCUT2D eigenvalue weighted by atomic mass is 10.00. The Kier molecular flexibility index (Phi) is 9.87. The van der Waals surface area contributed by atoms with E-state index in [4.69, 9.17) is 4.42 Å². The average molecular weight is 512 g/mol. The van der Waals surface area contributed by atoms with Gasteiger partial charge in [-0.05, 0) is 50.2 Å². The van der Waals surface area contributed by atoms with Crippen molar-refractivity contribution in [2.24, 2.45) is 5.92 Å². The Morgan fingerprint density at radius 2 is 1.81 bits per heavy atom. The number of anilines is 1. The van der Waals surface area contributed by atoms with E-state index in [1.165, 1.54) is 0 Å². The lowest BCUT2D eigenvalue weighted by Gasteiger charge is -2.31. The summed E-state index contributed by atoms with van der Waals surface area (Å²) >= 11 is 0. The molecule has 0 spiro atoms. The summed E-state index contributed by atoms with van der Waals surface area (Å²) in [6.07, 6.45) is -2.04. The van der Waals surface area contributed by atoms with E-state index in [0.717, 1.165) is 12.1 Å². The first-order valence-corrected chi connectivity index (χ1v) is 12.4. The van der Waals surface area contributed by atoms with Crippen LogP contribution < -0.4 is 10.6 Å². The summed E-state index contributed by atoms with van der Waals surface area (Å²) in [6, 6.07) is 14.0. The summed E-state index contributed by atoms with van der Waals surface area (Å²) in [5.74, 6) is -0.139. The molecule has 3 aromatic rings. The molecule has 0 fully saturated rings. The minimum Gasteiger partial charge on any atom is -0.465 e. The zero-order valence-electron chi connectivity index (χ0n) is 21.8. The van der Waals surface area contributed by atoms with Crippen molar-refractivity contribution in [1.82, 2.24) is 20.1 Å². The highest BCUT2D eigenvalue weighted by molar-refractivity contribution is 5.97. The van der Waals surface area contributed by atoms with Crippen molar-refractivity contribution in [3.05, 3.63) is 59.7 Å². The van der Waals surface area contributed by atoms with E-state index in [2.05, 4.69) is 15.6 Å². The summed E-state index contributed by atoms with van der Waals surface area (Å²) in [6.45, 7) is 5.81. The highest BCUT2D eigenvalue weighted by atomic mass is 16.4. The molecule has 0 aliphatic carbocycles. The number of nitrogens with zero attached hydrogens (tertiary/aromatic N) is 3. The van der Waals surface area contributed by atoms with E-state index in [1.807, 2.05) is 63.2 Å². The number of carbonyl (C=O) groups excluding carboxylic acids is 1. The monoisotopic (exact) mass is 511 g/mol. The van der Waals surface area contributed by atoms with E-state index >= 15 is 0 Å². The van der Waals surface area contributed by atoms with Gasteiger partial charge in [0.05, 0.1) is 12.1 Å². The molecule has 0 aliphatic heterocycles. The first-order valence-electron chi connectivity index (χ1n) is 12.4. The van der Waals surface area contributed by atoms with Crippen LogP contribution in [0.5, 0.6) is 0 Å². The van der Waals surface area contributed by atoms with Gasteiger partial charge >= 0.3 is 6.09 Å². The number of nitrogens with one attached hydrogen (secondary N) is 2. The van der Waals surface area contributed by atoms with Crippen LogP contribution in [0.25, 0.3) is 11.1 Å². The molecule has 0 saturated carbocycles. The van der Waals surface area contributed by atoms with Gasteiger partial charge in [0.15, 0.2) is 5.58 Å². The van der Waals surface area contributed by atoms with Gasteiger partial charge in [0.2, 0.25) is 0 Å². The molecule has 10 heteroatoms. The molecular weight excluding hydrogens is 474 g/mol. The molecule has 1 unspecified atom stereocenters. The number of carbonyl (C=O) groups is 2. The summed E-state index contributed by atoms with van der Waals surface area (Å²) in [4.78, 5) is 33.0. The second-order valence-electron chi connectivity index (χ2n) is 9.85. The number of rotatable bonds is 13. The molecule has 10 nitrogen and oxygen atoms in total. The van der Waals surface area contributed by atoms with Crippen molar-refractivity contribution < 1.29 is 24.2 Å². The molecule has 0 radical (unpaired) electrons. The molecular formula is C27H37N5O5. The number of aliphatic hydroxyl groups excluding tert-OH is 1. The van der Waals surface area contributed by atoms with E-state index < -0.39 is 18.2 Å². The lowest BCUT2D eigenvalue weighted by molar-refractivity contribution is 0.0509. The van der Waals surface area contributed by atoms with Crippen molar-refractivity contribution in [1.29, 1.82) is 0 Å². The van der Waals surface area contributed by atoms with Gasteiger partial charge in [-0.2, -0.15) is 4.98 Å². The van der Waals surface area contributed by atoms with Gasteiger partial charge < -0.3 is 35.1 Å². The van der Waals surface area contributed by atoms with Gasteiger partial charge in [0.25, 0.3) is 11.9 Å². The molecule has 1 heterocycles. The van der Waals surface area contributed by atoms with Gasteiger partial charge in [0.1, 0.15) is 5.52 Å². The molecule has 0 bridgehead atoms. The van der Waals surface area contributed by atoms with E-state index in [-0.39, 0.29) is 18.4 Å². The quantitative estimate of drug-likeness (QED) is 0.275. The van der Waals surface area contributed by atoms with Crippen LogP contribution in [0.1, 0.15) is 29.8 Å². The van der Waals surface area contributed by atoms with E-state index in [1.54, 1.807) is 23.1 Å². The number of likely N-dealkylation sites (N-methyl/N-ethyl adjacent to an activating group) is 1. The molecule has 0 saturated heterocycles. The predicted molar refractivity (Wildman–Crippen MR) is 143 cm³/mol. The topological polar surface area (TPSA) is 131 Å². The Morgan fingerprint density at radius 3 is 2.46 bits per heavy atom. The van der Waals surface area contributed by atoms with Crippen molar-refractivity contribution in [3.8, 4) is 0 Å². The molecule has 2 amide bonds. The van der Waals surface area contributed by atoms with Crippen LogP contribution in [0, 0.1) is 5.92 Å². The van der Waals surface area contributed by atoms with Crippen molar-refractivity contribution in [2.75, 3.05) is 45.6 Å². The molecule has 3 rings (SSSR count). The first kappa shape index (κ1) is 27.9. The summed E-state index contributed by atoms with van der Waals surface area (Å²) in [5.41, 5.74) is 2.40. The third-order valence-electron chi connectivity index (χ3n) is 5.82. The zero-order valence-corrected chi connectivity index (χ0v) is 21.8. The Hall–Kier alpha value is -3.63. The van der Waals surface area contributed by atoms with Gasteiger partial charge in [-0.15, -0.1) is 0 Å². The maximum atomic E-state index is 13.5. The average Bonchev–Trinajstić information content (AvgIpc) is 3.24. The van der Waals surface area contributed by atoms with Crippen LogP contribution in [-0.4, -0.2) is 89.4 Å². The maximum absolute atomic E-state index is 13.5. The number of benzene rings is 2. The largest absolute Gasteiger partial charge is 0.465 e. The highest BCUT2D eigenvalue weighted by Crippen LogP contribution is 2.22. The highest BCUT2D eigenvalue weighted by Gasteiger charge is 2.27. The number of fused-ring (bicyclic) bond motifs is 1. The molecule has 1 aromatic heterocycles. The number of aromatic nitrogens is 1. The van der Waals surface area contributed by atoms with Crippen LogP contribution in [0.3, 0.4) is 0 Å².